The van der Waals surface area contributed by atoms with E-state index in [1.807, 2.05) is 55.5 Å². The lowest BCUT2D eigenvalue weighted by Gasteiger charge is -2.12. The summed E-state index contributed by atoms with van der Waals surface area (Å²) in [5.74, 6) is 1.34. The minimum atomic E-state index is 0.318. The zero-order valence-electron chi connectivity index (χ0n) is 11.5. The second kappa shape index (κ2) is 5.50. The molecule has 0 atom stereocenters. The summed E-state index contributed by atoms with van der Waals surface area (Å²) in [6.07, 6.45) is 1.75. The fourth-order valence-electron chi connectivity index (χ4n) is 2.19. The minimum Gasteiger partial charge on any atom is -0.454 e. The van der Waals surface area contributed by atoms with Crippen molar-refractivity contribution in [3.63, 3.8) is 0 Å². The van der Waals surface area contributed by atoms with Gasteiger partial charge in [-0.1, -0.05) is 36.5 Å². The van der Waals surface area contributed by atoms with E-state index in [2.05, 4.69) is 4.98 Å². The maximum Gasteiger partial charge on any atom is 0.153 e. The number of aromatic nitrogens is 1. The number of pyridine rings is 1. The van der Waals surface area contributed by atoms with Gasteiger partial charge in [-0.15, -0.1) is 0 Å². The average Bonchev–Trinajstić information content (AvgIpc) is 2.47. The highest BCUT2D eigenvalue weighted by atomic mass is 32.1. The van der Waals surface area contributed by atoms with Crippen molar-refractivity contribution in [2.45, 2.75) is 6.92 Å². The maximum absolute atomic E-state index is 6.03. The summed E-state index contributed by atoms with van der Waals surface area (Å²) < 4.78 is 6.03. The quantitative estimate of drug-likeness (QED) is 0.743. The highest BCUT2D eigenvalue weighted by Gasteiger charge is 2.10. The smallest absolute Gasteiger partial charge is 0.153 e. The first-order chi connectivity index (χ1) is 10.1. The number of nitrogens with zero attached hydrogens (tertiary/aromatic N) is 1. The number of benzene rings is 2. The van der Waals surface area contributed by atoms with E-state index < -0.39 is 0 Å². The lowest BCUT2D eigenvalue weighted by Crippen LogP contribution is -2.10. The van der Waals surface area contributed by atoms with Crippen LogP contribution < -0.4 is 10.5 Å². The third kappa shape index (κ3) is 2.71. The molecule has 0 aliphatic heterocycles. The Morgan fingerprint density at radius 3 is 2.71 bits per heavy atom. The van der Waals surface area contributed by atoms with Crippen LogP contribution in [0.15, 0.2) is 54.7 Å². The predicted octanol–water partition coefficient (Wildman–Crippen LogP) is 3.97. The average molecular weight is 294 g/mol. The van der Waals surface area contributed by atoms with Gasteiger partial charge in [-0.2, -0.15) is 0 Å². The van der Waals surface area contributed by atoms with Crippen molar-refractivity contribution in [1.29, 1.82) is 0 Å². The predicted molar refractivity (Wildman–Crippen MR) is 88.9 cm³/mol. The van der Waals surface area contributed by atoms with Crippen LogP contribution in [0.5, 0.6) is 11.5 Å². The van der Waals surface area contributed by atoms with Crippen LogP contribution in [0, 0.1) is 6.92 Å². The molecule has 0 unspecified atom stereocenters. The Hall–Kier alpha value is -2.46. The third-order valence-corrected chi connectivity index (χ3v) is 3.44. The highest BCUT2D eigenvalue weighted by molar-refractivity contribution is 7.80. The molecule has 0 bridgehead atoms. The summed E-state index contributed by atoms with van der Waals surface area (Å²) in [6, 6.07) is 15.5. The van der Waals surface area contributed by atoms with Crippen LogP contribution in [0.4, 0.5) is 0 Å². The van der Waals surface area contributed by atoms with E-state index in [4.69, 9.17) is 22.7 Å². The molecule has 3 rings (SSSR count). The minimum absolute atomic E-state index is 0.318. The first-order valence-corrected chi connectivity index (χ1v) is 6.98. The van der Waals surface area contributed by atoms with Crippen LogP contribution in [0.2, 0.25) is 0 Å². The number of ether oxygens (including phenoxy) is 1. The molecule has 0 amide bonds. The van der Waals surface area contributed by atoms with Crippen LogP contribution in [-0.4, -0.2) is 9.97 Å². The molecule has 3 nitrogen and oxygen atoms in total. The van der Waals surface area contributed by atoms with Gasteiger partial charge in [0.15, 0.2) is 5.75 Å². The Balaban J connectivity index is 2.11. The SMILES string of the molecule is Cc1ccc(C(N)=S)c(Oc2cccc3cccnc23)c1. The first-order valence-electron chi connectivity index (χ1n) is 6.57. The molecule has 0 saturated heterocycles. The van der Waals surface area contributed by atoms with Crippen LogP contribution in [0.1, 0.15) is 11.1 Å². The molecule has 4 heteroatoms. The number of hydrogen-bond donors (Lipinski definition) is 1. The second-order valence-corrected chi connectivity index (χ2v) is 5.24. The van der Waals surface area contributed by atoms with Crippen molar-refractivity contribution in [3.8, 4) is 11.5 Å². The van der Waals surface area contributed by atoms with E-state index in [9.17, 15) is 0 Å². The summed E-state index contributed by atoms with van der Waals surface area (Å²) in [7, 11) is 0. The summed E-state index contributed by atoms with van der Waals surface area (Å²) >= 11 is 5.09. The number of rotatable bonds is 3. The molecule has 2 aromatic carbocycles. The topological polar surface area (TPSA) is 48.1 Å². The Bertz CT molecular complexity index is 825. The maximum atomic E-state index is 6.03. The highest BCUT2D eigenvalue weighted by Crippen LogP contribution is 2.31. The van der Waals surface area contributed by atoms with Crippen molar-refractivity contribution in [3.05, 3.63) is 65.9 Å². The Morgan fingerprint density at radius 1 is 1.10 bits per heavy atom. The fourth-order valence-corrected chi connectivity index (χ4v) is 2.36. The number of hydrogen-bond acceptors (Lipinski definition) is 3. The number of nitrogens with two attached hydrogens (primary N) is 1. The molecular formula is C17H14N2OS. The zero-order chi connectivity index (χ0) is 14.8. The summed E-state index contributed by atoms with van der Waals surface area (Å²) in [5, 5.41) is 1.03. The molecule has 2 N–H and O–H groups in total. The van der Waals surface area contributed by atoms with Crippen molar-refractivity contribution in [2.75, 3.05) is 0 Å². The molecule has 0 aliphatic rings. The normalized spacial score (nSPS) is 10.5. The van der Waals surface area contributed by atoms with Crippen LogP contribution in [0.3, 0.4) is 0 Å². The van der Waals surface area contributed by atoms with Crippen molar-refractivity contribution >= 4 is 28.1 Å². The molecular weight excluding hydrogens is 280 g/mol. The van der Waals surface area contributed by atoms with Crippen molar-refractivity contribution in [2.24, 2.45) is 5.73 Å². The van der Waals surface area contributed by atoms with E-state index >= 15 is 0 Å². The summed E-state index contributed by atoms with van der Waals surface area (Å²) in [5.41, 5.74) is 8.39. The van der Waals surface area contributed by atoms with E-state index in [1.54, 1.807) is 6.20 Å². The summed E-state index contributed by atoms with van der Waals surface area (Å²) in [4.78, 5) is 4.70. The molecule has 104 valence electrons. The van der Waals surface area contributed by atoms with Crippen molar-refractivity contribution in [1.82, 2.24) is 4.98 Å². The molecule has 0 saturated carbocycles. The fraction of sp³-hybridized carbons (Fsp3) is 0.0588. The van der Waals surface area contributed by atoms with Gasteiger partial charge in [0.2, 0.25) is 0 Å². The van der Waals surface area contributed by atoms with Gasteiger partial charge in [-0.25, -0.2) is 0 Å². The molecule has 3 aromatic rings. The Labute approximate surface area is 128 Å². The Kier molecular flexibility index (Phi) is 3.54. The van der Waals surface area contributed by atoms with Gasteiger partial charge in [0, 0.05) is 11.6 Å². The van der Waals surface area contributed by atoms with E-state index in [0.29, 0.717) is 16.5 Å². The summed E-state index contributed by atoms with van der Waals surface area (Å²) in [6.45, 7) is 2.00. The van der Waals surface area contributed by atoms with Gasteiger partial charge < -0.3 is 10.5 Å². The monoisotopic (exact) mass is 294 g/mol. The molecule has 0 spiro atoms. The van der Waals surface area contributed by atoms with Crippen LogP contribution in [0.25, 0.3) is 10.9 Å². The number of thiocarbonyl (C=S) groups is 1. The molecule has 21 heavy (non-hydrogen) atoms. The first kappa shape index (κ1) is 13.5. The van der Waals surface area contributed by atoms with Gasteiger partial charge >= 0.3 is 0 Å². The van der Waals surface area contributed by atoms with Gasteiger partial charge in [0.05, 0.1) is 5.56 Å². The number of fused-ring (bicyclic) bond motifs is 1. The van der Waals surface area contributed by atoms with E-state index in [1.165, 1.54) is 0 Å². The van der Waals surface area contributed by atoms with Gasteiger partial charge in [-0.05, 0) is 36.8 Å². The standard InChI is InChI=1S/C17H14N2OS/c1-11-7-8-13(17(18)21)15(10-11)20-14-6-2-4-12-5-3-9-19-16(12)14/h2-10H,1H3,(H2,18,21). The largest absolute Gasteiger partial charge is 0.454 e. The molecule has 1 heterocycles. The molecule has 0 radical (unpaired) electrons. The van der Waals surface area contributed by atoms with Crippen LogP contribution >= 0.6 is 12.2 Å². The molecule has 1 aromatic heterocycles. The Morgan fingerprint density at radius 2 is 1.90 bits per heavy atom. The van der Waals surface area contributed by atoms with Gasteiger partial charge in [0.25, 0.3) is 0 Å². The molecule has 0 aliphatic carbocycles. The lowest BCUT2D eigenvalue weighted by molar-refractivity contribution is 0.486. The van der Waals surface area contributed by atoms with Gasteiger partial charge in [0.1, 0.15) is 16.3 Å². The van der Waals surface area contributed by atoms with E-state index in [0.717, 1.165) is 22.0 Å². The van der Waals surface area contributed by atoms with Gasteiger partial charge in [-0.3, -0.25) is 4.98 Å². The zero-order valence-corrected chi connectivity index (χ0v) is 12.4. The third-order valence-electron chi connectivity index (χ3n) is 3.22. The van der Waals surface area contributed by atoms with Crippen LogP contribution in [-0.2, 0) is 0 Å². The number of para-hydroxylation sites is 1. The number of aryl methyl sites for hydroxylation is 1. The van der Waals surface area contributed by atoms with Crippen molar-refractivity contribution < 1.29 is 4.74 Å². The second-order valence-electron chi connectivity index (χ2n) is 4.80. The lowest BCUT2D eigenvalue weighted by atomic mass is 10.1. The molecule has 0 fully saturated rings. The van der Waals surface area contributed by atoms with E-state index in [-0.39, 0.29) is 0 Å².